The predicted molar refractivity (Wildman–Crippen MR) is 74.1 cm³/mol. The first kappa shape index (κ1) is 15.4. The van der Waals surface area contributed by atoms with Crippen molar-refractivity contribution >= 4 is 15.9 Å². The van der Waals surface area contributed by atoms with Crippen LogP contribution >= 0.6 is 0 Å². The van der Waals surface area contributed by atoms with E-state index in [1.54, 1.807) is 4.31 Å². The molecule has 1 fully saturated rings. The average Bonchev–Trinajstić information content (AvgIpc) is 2.14. The van der Waals surface area contributed by atoms with Gasteiger partial charge in [-0.3, -0.25) is 5.41 Å². The molecule has 0 amide bonds. The monoisotopic (exact) mass is 275 g/mol. The van der Waals surface area contributed by atoms with E-state index in [-0.39, 0.29) is 22.4 Å². The Morgan fingerprint density at radius 3 is 2.11 bits per heavy atom. The van der Waals surface area contributed by atoms with Crippen molar-refractivity contribution in [2.45, 2.75) is 40.5 Å². The van der Waals surface area contributed by atoms with E-state index in [1.807, 2.05) is 27.7 Å². The highest BCUT2D eigenvalue weighted by Crippen LogP contribution is 2.32. The van der Waals surface area contributed by atoms with Crippen molar-refractivity contribution in [3.8, 4) is 0 Å². The molecule has 0 atom stereocenters. The minimum Gasteiger partial charge on any atom is -0.387 e. The molecular weight excluding hydrogens is 250 g/mol. The van der Waals surface area contributed by atoms with E-state index in [4.69, 9.17) is 11.1 Å². The van der Waals surface area contributed by atoms with Gasteiger partial charge in [0.05, 0.1) is 11.6 Å². The summed E-state index contributed by atoms with van der Waals surface area (Å²) in [6.07, 6.45) is 1.26. The van der Waals surface area contributed by atoms with E-state index >= 15 is 0 Å². The SMILES string of the molecule is CC(C)(C)CS(=O)(=O)N1CCC(C)(C(=N)N)CC1. The number of nitrogens with one attached hydrogen (secondary N) is 1. The van der Waals surface area contributed by atoms with Gasteiger partial charge in [-0.2, -0.15) is 0 Å². The Morgan fingerprint density at radius 2 is 1.78 bits per heavy atom. The van der Waals surface area contributed by atoms with Crippen LogP contribution in [-0.2, 0) is 10.0 Å². The molecule has 0 radical (unpaired) electrons. The molecule has 0 aliphatic carbocycles. The van der Waals surface area contributed by atoms with Crippen LogP contribution in [0, 0.1) is 16.2 Å². The Morgan fingerprint density at radius 1 is 1.33 bits per heavy atom. The van der Waals surface area contributed by atoms with Crippen molar-refractivity contribution in [2.75, 3.05) is 18.8 Å². The molecule has 106 valence electrons. The normalized spacial score (nSPS) is 21.8. The molecule has 3 N–H and O–H groups in total. The molecule has 1 rings (SSSR count). The number of hydrogen-bond acceptors (Lipinski definition) is 3. The molecule has 0 saturated carbocycles. The molecule has 18 heavy (non-hydrogen) atoms. The van der Waals surface area contributed by atoms with E-state index in [0.717, 1.165) is 0 Å². The Hall–Kier alpha value is -0.620. The standard InChI is InChI=1S/C12H25N3O2S/c1-11(2,3)9-18(16,17)15-7-5-12(4,6-8-15)10(13)14/h5-9H2,1-4H3,(H3,13,14). The molecule has 0 aromatic rings. The van der Waals surface area contributed by atoms with Crippen molar-refractivity contribution in [1.29, 1.82) is 5.41 Å². The number of nitrogens with zero attached hydrogens (tertiary/aromatic N) is 1. The summed E-state index contributed by atoms with van der Waals surface area (Å²) in [4.78, 5) is 0. The van der Waals surface area contributed by atoms with Gasteiger partial charge in [0.25, 0.3) is 0 Å². The number of sulfonamides is 1. The number of piperidine rings is 1. The van der Waals surface area contributed by atoms with Crippen molar-refractivity contribution in [2.24, 2.45) is 16.6 Å². The van der Waals surface area contributed by atoms with Crippen LogP contribution in [-0.4, -0.2) is 37.4 Å². The zero-order valence-electron chi connectivity index (χ0n) is 11.8. The van der Waals surface area contributed by atoms with Crippen molar-refractivity contribution in [3.63, 3.8) is 0 Å². The van der Waals surface area contributed by atoms with Gasteiger partial charge in [-0.1, -0.05) is 27.7 Å². The van der Waals surface area contributed by atoms with E-state index in [9.17, 15) is 8.42 Å². The third-order valence-corrected chi connectivity index (χ3v) is 5.87. The van der Waals surface area contributed by atoms with Crippen LogP contribution in [0.15, 0.2) is 0 Å². The minimum atomic E-state index is -3.19. The second-order valence-corrected chi connectivity index (χ2v) is 8.66. The summed E-state index contributed by atoms with van der Waals surface area (Å²) < 4.78 is 26.0. The topological polar surface area (TPSA) is 87.2 Å². The summed E-state index contributed by atoms with van der Waals surface area (Å²) in [5.74, 6) is 0.326. The molecule has 1 heterocycles. The second kappa shape index (κ2) is 4.81. The Kier molecular flexibility index (Phi) is 4.13. The summed E-state index contributed by atoms with van der Waals surface area (Å²) in [7, 11) is -3.19. The van der Waals surface area contributed by atoms with Gasteiger partial charge in [-0.25, -0.2) is 12.7 Å². The van der Waals surface area contributed by atoms with E-state index in [0.29, 0.717) is 25.9 Å². The van der Waals surface area contributed by atoms with Crippen LogP contribution in [0.3, 0.4) is 0 Å². The number of amidine groups is 1. The molecule has 0 bridgehead atoms. The van der Waals surface area contributed by atoms with Gasteiger partial charge < -0.3 is 5.73 Å². The fourth-order valence-electron chi connectivity index (χ4n) is 2.17. The maximum absolute atomic E-state index is 12.2. The summed E-state index contributed by atoms with van der Waals surface area (Å²) >= 11 is 0. The van der Waals surface area contributed by atoms with Crippen LogP contribution in [0.1, 0.15) is 40.5 Å². The van der Waals surface area contributed by atoms with Gasteiger partial charge in [-0.15, -0.1) is 0 Å². The van der Waals surface area contributed by atoms with Gasteiger partial charge in [0.2, 0.25) is 10.0 Å². The number of rotatable bonds is 3. The van der Waals surface area contributed by atoms with E-state index < -0.39 is 10.0 Å². The number of nitrogens with two attached hydrogens (primary N) is 1. The molecule has 1 aliphatic rings. The lowest BCUT2D eigenvalue weighted by Crippen LogP contribution is -2.48. The Balaban J connectivity index is 2.72. The van der Waals surface area contributed by atoms with Crippen LogP contribution < -0.4 is 5.73 Å². The summed E-state index contributed by atoms with van der Waals surface area (Å²) in [5.41, 5.74) is 5.00. The molecule has 1 saturated heterocycles. The molecule has 0 aromatic heterocycles. The smallest absolute Gasteiger partial charge is 0.214 e. The predicted octanol–water partition coefficient (Wildman–Crippen LogP) is 1.40. The highest BCUT2D eigenvalue weighted by Gasteiger charge is 2.37. The lowest BCUT2D eigenvalue weighted by molar-refractivity contribution is 0.238. The van der Waals surface area contributed by atoms with Crippen molar-refractivity contribution in [3.05, 3.63) is 0 Å². The third kappa shape index (κ3) is 3.68. The first-order valence-electron chi connectivity index (χ1n) is 6.29. The van der Waals surface area contributed by atoms with E-state index in [2.05, 4.69) is 0 Å². The second-order valence-electron chi connectivity index (χ2n) is 6.69. The summed E-state index contributed by atoms with van der Waals surface area (Å²) in [6.45, 7) is 8.64. The third-order valence-electron chi connectivity index (χ3n) is 3.49. The summed E-state index contributed by atoms with van der Waals surface area (Å²) in [5, 5.41) is 7.56. The highest BCUT2D eigenvalue weighted by molar-refractivity contribution is 7.89. The lowest BCUT2D eigenvalue weighted by atomic mass is 9.80. The maximum atomic E-state index is 12.2. The van der Waals surface area contributed by atoms with Crippen LogP contribution in [0.4, 0.5) is 0 Å². The van der Waals surface area contributed by atoms with Crippen LogP contribution in [0.2, 0.25) is 0 Å². The molecular formula is C12H25N3O2S. The molecule has 6 heteroatoms. The van der Waals surface area contributed by atoms with Gasteiger partial charge in [0.1, 0.15) is 0 Å². The number of hydrogen-bond donors (Lipinski definition) is 2. The van der Waals surface area contributed by atoms with Gasteiger partial charge in [-0.05, 0) is 18.3 Å². The quantitative estimate of drug-likeness (QED) is 0.603. The fourth-order valence-corrected chi connectivity index (χ4v) is 4.18. The summed E-state index contributed by atoms with van der Waals surface area (Å²) in [6, 6.07) is 0. The van der Waals surface area contributed by atoms with Crippen LogP contribution in [0.25, 0.3) is 0 Å². The zero-order valence-corrected chi connectivity index (χ0v) is 12.6. The highest BCUT2D eigenvalue weighted by atomic mass is 32.2. The Labute approximate surface area is 110 Å². The fraction of sp³-hybridized carbons (Fsp3) is 0.917. The molecule has 0 aromatic carbocycles. The minimum absolute atomic E-state index is 0.162. The molecule has 0 unspecified atom stereocenters. The molecule has 0 spiro atoms. The van der Waals surface area contributed by atoms with Crippen LogP contribution in [0.5, 0.6) is 0 Å². The van der Waals surface area contributed by atoms with Gasteiger partial charge in [0, 0.05) is 18.5 Å². The lowest BCUT2D eigenvalue weighted by Gasteiger charge is -2.38. The Bertz CT molecular complexity index is 415. The average molecular weight is 275 g/mol. The molecule has 1 aliphatic heterocycles. The first-order valence-corrected chi connectivity index (χ1v) is 7.90. The largest absolute Gasteiger partial charge is 0.387 e. The van der Waals surface area contributed by atoms with Crippen molar-refractivity contribution < 1.29 is 8.42 Å². The van der Waals surface area contributed by atoms with Gasteiger partial charge >= 0.3 is 0 Å². The first-order chi connectivity index (χ1) is 7.96. The van der Waals surface area contributed by atoms with Crippen molar-refractivity contribution in [1.82, 2.24) is 4.31 Å². The zero-order chi connectivity index (χ0) is 14.2. The maximum Gasteiger partial charge on any atom is 0.214 e. The van der Waals surface area contributed by atoms with Gasteiger partial charge in [0.15, 0.2) is 0 Å². The van der Waals surface area contributed by atoms with E-state index in [1.165, 1.54) is 0 Å². The molecule has 5 nitrogen and oxygen atoms in total.